The summed E-state index contributed by atoms with van der Waals surface area (Å²) >= 11 is 0. The van der Waals surface area contributed by atoms with Crippen LogP contribution in [0.1, 0.15) is 47.1 Å². The van der Waals surface area contributed by atoms with Gasteiger partial charge in [-0.05, 0) is 36.0 Å². The Morgan fingerprint density at radius 3 is 2.04 bits per heavy atom. The van der Waals surface area contributed by atoms with Gasteiger partial charge in [-0.1, -0.05) is 46.8 Å². The summed E-state index contributed by atoms with van der Waals surface area (Å²) in [4.78, 5) is 0.293. The summed E-state index contributed by atoms with van der Waals surface area (Å²) in [5.74, 6) is 0.406. The van der Waals surface area contributed by atoms with Gasteiger partial charge in [0.15, 0.2) is 0 Å². The van der Waals surface area contributed by atoms with E-state index >= 15 is 0 Å². The molecule has 4 N–H and O–H groups in total. The molecule has 1 aromatic rings. The smallest absolute Gasteiger partial charge is 0.240 e. The summed E-state index contributed by atoms with van der Waals surface area (Å²) in [6.45, 7) is 13.4. The second kappa shape index (κ2) is 8.43. The van der Waals surface area contributed by atoms with Gasteiger partial charge in [0.1, 0.15) is 0 Å². The van der Waals surface area contributed by atoms with Gasteiger partial charge < -0.3 is 11.1 Å². The molecule has 0 radical (unpaired) electrons. The molecular weight excluding hydrogens is 322 g/mol. The van der Waals surface area contributed by atoms with E-state index in [-0.39, 0.29) is 17.5 Å². The van der Waals surface area contributed by atoms with Crippen molar-refractivity contribution in [1.29, 1.82) is 0 Å². The highest BCUT2D eigenvalue weighted by Gasteiger charge is 2.20. The molecule has 0 unspecified atom stereocenters. The van der Waals surface area contributed by atoms with E-state index in [0.29, 0.717) is 23.9 Å². The SMILES string of the molecule is CC(C)[C@@H](CN)NC[C@H](C)NS(=O)(=O)c1ccc(C(C)(C)C)cc1. The van der Waals surface area contributed by atoms with Crippen LogP contribution in [-0.4, -0.2) is 33.6 Å². The highest BCUT2D eigenvalue weighted by atomic mass is 32.2. The van der Waals surface area contributed by atoms with Crippen molar-refractivity contribution in [3.63, 3.8) is 0 Å². The van der Waals surface area contributed by atoms with Crippen LogP contribution in [0.15, 0.2) is 29.2 Å². The molecule has 0 fully saturated rings. The van der Waals surface area contributed by atoms with Crippen molar-refractivity contribution in [2.45, 2.75) is 63.9 Å². The summed E-state index contributed by atoms with van der Waals surface area (Å²) < 4.78 is 27.7. The maximum Gasteiger partial charge on any atom is 0.240 e. The molecule has 0 saturated heterocycles. The first-order chi connectivity index (χ1) is 11.0. The monoisotopic (exact) mass is 355 g/mol. The van der Waals surface area contributed by atoms with E-state index in [1.54, 1.807) is 12.1 Å². The molecule has 0 aliphatic carbocycles. The average Bonchev–Trinajstić information content (AvgIpc) is 2.46. The fraction of sp³-hybridized carbons (Fsp3) is 0.667. The predicted octanol–water partition coefficient (Wildman–Crippen LogP) is 2.22. The fourth-order valence-corrected chi connectivity index (χ4v) is 3.67. The molecule has 5 nitrogen and oxygen atoms in total. The summed E-state index contributed by atoms with van der Waals surface area (Å²) in [6.07, 6.45) is 0. The lowest BCUT2D eigenvalue weighted by atomic mass is 9.87. The molecule has 0 bridgehead atoms. The largest absolute Gasteiger partial charge is 0.329 e. The van der Waals surface area contributed by atoms with Crippen molar-refractivity contribution in [1.82, 2.24) is 10.0 Å². The van der Waals surface area contributed by atoms with E-state index in [0.717, 1.165) is 5.56 Å². The first-order valence-corrected chi connectivity index (χ1v) is 10.0. The molecule has 6 heteroatoms. The molecule has 0 saturated carbocycles. The Labute approximate surface area is 147 Å². The first-order valence-electron chi connectivity index (χ1n) is 8.53. The van der Waals surface area contributed by atoms with Crippen LogP contribution in [0.5, 0.6) is 0 Å². The van der Waals surface area contributed by atoms with Gasteiger partial charge in [0.25, 0.3) is 0 Å². The molecule has 0 amide bonds. The molecule has 0 aliphatic heterocycles. The second-order valence-corrected chi connectivity index (χ2v) is 9.51. The number of sulfonamides is 1. The number of nitrogens with one attached hydrogen (secondary N) is 2. The van der Waals surface area contributed by atoms with E-state index < -0.39 is 10.0 Å². The van der Waals surface area contributed by atoms with E-state index in [2.05, 4.69) is 44.7 Å². The Hall–Kier alpha value is -0.950. The third-order valence-corrected chi connectivity index (χ3v) is 5.74. The van der Waals surface area contributed by atoms with Crippen LogP contribution >= 0.6 is 0 Å². The minimum atomic E-state index is -3.52. The Morgan fingerprint density at radius 1 is 1.08 bits per heavy atom. The number of nitrogens with two attached hydrogens (primary N) is 1. The molecule has 24 heavy (non-hydrogen) atoms. The number of rotatable bonds is 8. The lowest BCUT2D eigenvalue weighted by Gasteiger charge is -2.23. The summed E-state index contributed by atoms with van der Waals surface area (Å²) in [6, 6.07) is 7.05. The van der Waals surface area contributed by atoms with Gasteiger partial charge in [-0.25, -0.2) is 13.1 Å². The van der Waals surface area contributed by atoms with Crippen LogP contribution in [0, 0.1) is 5.92 Å². The average molecular weight is 356 g/mol. The zero-order valence-electron chi connectivity index (χ0n) is 15.8. The summed E-state index contributed by atoms with van der Waals surface area (Å²) in [5, 5.41) is 3.32. The predicted molar refractivity (Wildman–Crippen MR) is 101 cm³/mol. The van der Waals surface area contributed by atoms with E-state index in [4.69, 9.17) is 5.73 Å². The van der Waals surface area contributed by atoms with Gasteiger partial charge in [-0.15, -0.1) is 0 Å². The van der Waals surface area contributed by atoms with Gasteiger partial charge in [-0.2, -0.15) is 0 Å². The lowest BCUT2D eigenvalue weighted by molar-refractivity contribution is 0.391. The topological polar surface area (TPSA) is 84.2 Å². The zero-order valence-corrected chi connectivity index (χ0v) is 16.6. The Balaban J connectivity index is 2.72. The Kier molecular flexibility index (Phi) is 7.41. The summed E-state index contributed by atoms with van der Waals surface area (Å²) in [5.41, 5.74) is 6.84. The quantitative estimate of drug-likeness (QED) is 0.667. The van der Waals surface area contributed by atoms with Crippen molar-refractivity contribution in [3.05, 3.63) is 29.8 Å². The summed E-state index contributed by atoms with van der Waals surface area (Å²) in [7, 11) is -3.52. The van der Waals surface area contributed by atoms with Crippen LogP contribution < -0.4 is 15.8 Å². The molecule has 138 valence electrons. The maximum atomic E-state index is 12.5. The molecule has 1 aromatic carbocycles. The highest BCUT2D eigenvalue weighted by molar-refractivity contribution is 7.89. The Bertz CT molecular complexity index is 604. The standard InChI is InChI=1S/C18H33N3O2S/c1-13(2)17(11-19)20-12-14(3)21-24(22,23)16-9-7-15(8-10-16)18(4,5)6/h7-10,13-14,17,20-21H,11-12,19H2,1-6H3/t14-,17+/m0/s1. The van der Waals surface area contributed by atoms with Gasteiger partial charge in [0.05, 0.1) is 4.90 Å². The van der Waals surface area contributed by atoms with E-state index in [1.807, 2.05) is 19.1 Å². The van der Waals surface area contributed by atoms with Crippen molar-refractivity contribution >= 4 is 10.0 Å². The number of hydrogen-bond acceptors (Lipinski definition) is 4. The molecule has 0 aromatic heterocycles. The molecule has 1 rings (SSSR count). The molecule has 0 heterocycles. The van der Waals surface area contributed by atoms with Crippen LogP contribution in [0.4, 0.5) is 0 Å². The minimum Gasteiger partial charge on any atom is -0.329 e. The van der Waals surface area contributed by atoms with Crippen molar-refractivity contribution < 1.29 is 8.42 Å². The second-order valence-electron chi connectivity index (χ2n) is 7.79. The molecular formula is C18H33N3O2S. The molecule has 2 atom stereocenters. The normalized spacial score (nSPS) is 15.5. The Morgan fingerprint density at radius 2 is 1.62 bits per heavy atom. The maximum absolute atomic E-state index is 12.5. The number of benzene rings is 1. The van der Waals surface area contributed by atoms with Crippen molar-refractivity contribution in [2.75, 3.05) is 13.1 Å². The van der Waals surface area contributed by atoms with Gasteiger partial charge in [0, 0.05) is 25.2 Å². The van der Waals surface area contributed by atoms with E-state index in [1.165, 1.54) is 0 Å². The molecule has 0 aliphatic rings. The van der Waals surface area contributed by atoms with Crippen molar-refractivity contribution in [2.24, 2.45) is 11.7 Å². The zero-order chi connectivity index (χ0) is 18.5. The van der Waals surface area contributed by atoms with Gasteiger partial charge in [-0.3, -0.25) is 0 Å². The van der Waals surface area contributed by atoms with Gasteiger partial charge in [0.2, 0.25) is 10.0 Å². The van der Waals surface area contributed by atoms with E-state index in [9.17, 15) is 8.42 Å². The highest BCUT2D eigenvalue weighted by Crippen LogP contribution is 2.23. The fourth-order valence-electron chi connectivity index (χ4n) is 2.43. The van der Waals surface area contributed by atoms with Crippen LogP contribution in [0.2, 0.25) is 0 Å². The third kappa shape index (κ3) is 6.16. The lowest BCUT2D eigenvalue weighted by Crippen LogP contribution is -2.47. The third-order valence-electron chi connectivity index (χ3n) is 4.13. The molecule has 0 spiro atoms. The van der Waals surface area contributed by atoms with Gasteiger partial charge >= 0.3 is 0 Å². The van der Waals surface area contributed by atoms with Crippen LogP contribution in [0.25, 0.3) is 0 Å². The minimum absolute atomic E-state index is 0.00101. The van der Waals surface area contributed by atoms with Crippen LogP contribution in [0.3, 0.4) is 0 Å². The van der Waals surface area contributed by atoms with Crippen molar-refractivity contribution in [3.8, 4) is 0 Å². The number of hydrogen-bond donors (Lipinski definition) is 3. The first kappa shape index (κ1) is 21.1. The van der Waals surface area contributed by atoms with Crippen LogP contribution in [-0.2, 0) is 15.4 Å².